The predicted molar refractivity (Wildman–Crippen MR) is 138 cm³/mol. The number of ether oxygens (including phenoxy) is 2. The van der Waals surface area contributed by atoms with Gasteiger partial charge in [-0.2, -0.15) is 0 Å². The van der Waals surface area contributed by atoms with Crippen LogP contribution in [0.1, 0.15) is 32.3 Å². The molecule has 2 aliphatic rings. The highest BCUT2D eigenvalue weighted by Gasteiger charge is 2.33. The minimum Gasteiger partial charge on any atom is -0.465 e. The number of hydrogen-bond donors (Lipinski definition) is 3. The highest BCUT2D eigenvalue weighted by Crippen LogP contribution is 2.37. The average Bonchev–Trinajstić information content (AvgIpc) is 2.85. The van der Waals surface area contributed by atoms with Crippen molar-refractivity contribution in [2.75, 3.05) is 37.8 Å². The van der Waals surface area contributed by atoms with Crippen molar-refractivity contribution in [1.29, 1.82) is 0 Å². The Kier molecular flexibility index (Phi) is 8.07. The quantitative estimate of drug-likeness (QED) is 0.453. The summed E-state index contributed by atoms with van der Waals surface area (Å²) in [6.07, 6.45) is 1.35. The minimum absolute atomic E-state index is 0.146. The van der Waals surface area contributed by atoms with Gasteiger partial charge in [0.2, 0.25) is 6.29 Å². The number of likely N-dealkylation sites (tertiary alicyclic amines) is 1. The molecule has 0 aromatic heterocycles. The van der Waals surface area contributed by atoms with Crippen LogP contribution in [0.3, 0.4) is 0 Å². The van der Waals surface area contributed by atoms with E-state index < -0.39 is 15.9 Å². The van der Waals surface area contributed by atoms with E-state index in [1.54, 1.807) is 12.1 Å². The summed E-state index contributed by atoms with van der Waals surface area (Å²) in [5.74, 6) is 0.909. The molecule has 196 valence electrons. The first-order valence-electron chi connectivity index (χ1n) is 12.3. The lowest BCUT2D eigenvalue weighted by Crippen LogP contribution is -2.43. The summed E-state index contributed by atoms with van der Waals surface area (Å²) in [5.41, 5.74) is 3.52. The monoisotopic (exact) mass is 517 g/mol. The molecule has 0 bridgehead atoms. The van der Waals surface area contributed by atoms with Crippen LogP contribution in [-0.4, -0.2) is 69.3 Å². The highest BCUT2D eigenvalue weighted by molar-refractivity contribution is 7.90. The summed E-state index contributed by atoms with van der Waals surface area (Å²) in [7, 11) is -3.34. The van der Waals surface area contributed by atoms with Crippen molar-refractivity contribution in [3.05, 3.63) is 42.0 Å². The van der Waals surface area contributed by atoms with Gasteiger partial charge in [-0.05, 0) is 42.7 Å². The molecular weight excluding hydrogens is 482 g/mol. The van der Waals surface area contributed by atoms with E-state index in [9.17, 15) is 13.2 Å². The van der Waals surface area contributed by atoms with Crippen molar-refractivity contribution in [2.24, 2.45) is 5.92 Å². The summed E-state index contributed by atoms with van der Waals surface area (Å²) in [6.45, 7) is 6.93. The maximum atomic E-state index is 12.2. The van der Waals surface area contributed by atoms with E-state index in [1.807, 2.05) is 24.3 Å². The number of anilines is 1. The second-order valence-electron chi connectivity index (χ2n) is 9.74. The number of rotatable bonds is 8. The van der Waals surface area contributed by atoms with Crippen molar-refractivity contribution in [3.8, 4) is 16.9 Å². The Morgan fingerprint density at radius 2 is 1.89 bits per heavy atom. The Bertz CT molecular complexity index is 1190. The molecule has 10 heteroatoms. The fourth-order valence-corrected chi connectivity index (χ4v) is 5.26. The lowest BCUT2D eigenvalue weighted by molar-refractivity contribution is -0.148. The van der Waals surface area contributed by atoms with Crippen LogP contribution in [0, 0.1) is 5.92 Å². The fraction of sp³-hybridized carbons (Fsp3) is 0.500. The first kappa shape index (κ1) is 26.2. The van der Waals surface area contributed by atoms with Gasteiger partial charge in [-0.15, -0.1) is 0 Å². The Morgan fingerprint density at radius 3 is 2.56 bits per heavy atom. The van der Waals surface area contributed by atoms with Crippen LogP contribution in [0.2, 0.25) is 0 Å². The minimum atomic E-state index is -3.34. The zero-order valence-corrected chi connectivity index (χ0v) is 21.8. The van der Waals surface area contributed by atoms with Gasteiger partial charge in [0.1, 0.15) is 5.75 Å². The van der Waals surface area contributed by atoms with Crippen molar-refractivity contribution in [2.45, 2.75) is 50.5 Å². The zero-order chi connectivity index (χ0) is 25.9. The second-order valence-corrected chi connectivity index (χ2v) is 11.8. The van der Waals surface area contributed by atoms with E-state index in [2.05, 4.69) is 24.5 Å². The number of carbonyl (C=O) groups is 1. The summed E-state index contributed by atoms with van der Waals surface area (Å²) in [6, 6.07) is 11.4. The van der Waals surface area contributed by atoms with Crippen LogP contribution in [0.15, 0.2) is 41.3 Å². The van der Waals surface area contributed by atoms with E-state index in [4.69, 9.17) is 14.6 Å². The maximum absolute atomic E-state index is 12.2. The SMILES string of the molecule is CC(C)NCCNc1cc(S(C)(=O)=O)ccc1-c1ccc2c(c1)COC(C1CCN(C(=O)O)CC1)O2. The molecule has 9 nitrogen and oxygen atoms in total. The molecule has 1 unspecified atom stereocenters. The first-order valence-corrected chi connectivity index (χ1v) is 14.2. The second kappa shape index (κ2) is 11.1. The Labute approximate surface area is 212 Å². The fourth-order valence-electron chi connectivity index (χ4n) is 4.61. The highest BCUT2D eigenvalue weighted by atomic mass is 32.2. The van der Waals surface area contributed by atoms with Gasteiger partial charge < -0.3 is 30.1 Å². The molecular formula is C26H35N3O6S. The molecule has 2 aromatic carbocycles. The van der Waals surface area contributed by atoms with Crippen molar-refractivity contribution >= 4 is 21.6 Å². The lowest BCUT2D eigenvalue weighted by Gasteiger charge is -2.36. The molecule has 4 rings (SSSR count). The number of hydrogen-bond acceptors (Lipinski definition) is 7. The van der Waals surface area contributed by atoms with Crippen molar-refractivity contribution in [1.82, 2.24) is 10.2 Å². The topological polar surface area (TPSA) is 117 Å². The number of amides is 1. The van der Waals surface area contributed by atoms with Gasteiger partial charge >= 0.3 is 6.09 Å². The number of piperidine rings is 1. The van der Waals surface area contributed by atoms with Crippen LogP contribution in [0.4, 0.5) is 10.5 Å². The van der Waals surface area contributed by atoms with Crippen LogP contribution in [0.5, 0.6) is 5.75 Å². The summed E-state index contributed by atoms with van der Waals surface area (Å²) in [4.78, 5) is 12.9. The van der Waals surface area contributed by atoms with E-state index in [1.165, 1.54) is 11.2 Å². The van der Waals surface area contributed by atoms with Gasteiger partial charge in [0.15, 0.2) is 9.84 Å². The number of sulfone groups is 1. The molecule has 1 saturated heterocycles. The first-order chi connectivity index (χ1) is 17.1. The largest absolute Gasteiger partial charge is 0.465 e. The number of benzene rings is 2. The number of nitrogens with one attached hydrogen (secondary N) is 2. The van der Waals surface area contributed by atoms with Crippen LogP contribution in [-0.2, 0) is 21.2 Å². The number of fused-ring (bicyclic) bond motifs is 1. The van der Waals surface area contributed by atoms with Gasteiger partial charge in [0.25, 0.3) is 0 Å². The molecule has 2 heterocycles. The van der Waals surface area contributed by atoms with Gasteiger partial charge in [-0.25, -0.2) is 13.2 Å². The van der Waals surface area contributed by atoms with Crippen LogP contribution < -0.4 is 15.4 Å². The average molecular weight is 518 g/mol. The lowest BCUT2D eigenvalue weighted by atomic mass is 9.95. The van der Waals surface area contributed by atoms with Gasteiger partial charge in [-0.3, -0.25) is 0 Å². The maximum Gasteiger partial charge on any atom is 0.407 e. The molecule has 2 aliphatic heterocycles. The molecule has 0 radical (unpaired) electrons. The van der Waals surface area contributed by atoms with Gasteiger partial charge in [0, 0.05) is 61.2 Å². The molecule has 2 aromatic rings. The van der Waals surface area contributed by atoms with E-state index in [0.717, 1.165) is 34.7 Å². The number of carboxylic acid groups (broad SMARTS) is 1. The summed E-state index contributed by atoms with van der Waals surface area (Å²) in [5, 5.41) is 15.9. The Hall–Kier alpha value is -2.82. The standard InChI is InChI=1S/C26H35N3O6S/c1-17(2)27-10-11-28-23-15-21(36(3,32)33)5-6-22(23)19-4-7-24-20(14-19)16-34-25(35-24)18-8-12-29(13-9-18)26(30)31/h4-7,14-15,17-18,25,27-28H,8-13,16H2,1-3H3,(H,30,31). The van der Waals surface area contributed by atoms with Crippen LogP contribution >= 0.6 is 0 Å². The third-order valence-electron chi connectivity index (χ3n) is 6.62. The predicted octanol–water partition coefficient (Wildman–Crippen LogP) is 3.79. The summed E-state index contributed by atoms with van der Waals surface area (Å²) >= 11 is 0. The molecule has 0 aliphatic carbocycles. The molecule has 0 spiro atoms. The van der Waals surface area contributed by atoms with E-state index in [0.29, 0.717) is 45.1 Å². The third kappa shape index (κ3) is 6.29. The molecule has 3 N–H and O–H groups in total. The normalized spacial score (nSPS) is 18.6. The molecule has 0 saturated carbocycles. The van der Waals surface area contributed by atoms with Gasteiger partial charge in [0.05, 0.1) is 11.5 Å². The van der Waals surface area contributed by atoms with Gasteiger partial charge in [-0.1, -0.05) is 26.0 Å². The molecule has 1 fully saturated rings. The van der Waals surface area contributed by atoms with Crippen molar-refractivity contribution < 1.29 is 27.8 Å². The number of nitrogens with zero attached hydrogens (tertiary/aromatic N) is 1. The summed E-state index contributed by atoms with van der Waals surface area (Å²) < 4.78 is 36.5. The zero-order valence-electron chi connectivity index (χ0n) is 21.0. The van der Waals surface area contributed by atoms with Crippen LogP contribution in [0.25, 0.3) is 11.1 Å². The van der Waals surface area contributed by atoms with E-state index in [-0.39, 0.29) is 17.1 Å². The molecule has 1 atom stereocenters. The molecule has 36 heavy (non-hydrogen) atoms. The smallest absolute Gasteiger partial charge is 0.407 e. The Balaban J connectivity index is 1.51. The third-order valence-corrected chi connectivity index (χ3v) is 7.74. The van der Waals surface area contributed by atoms with Crippen molar-refractivity contribution in [3.63, 3.8) is 0 Å². The van der Waals surface area contributed by atoms with E-state index >= 15 is 0 Å². The molecule has 1 amide bonds. The Morgan fingerprint density at radius 1 is 1.14 bits per heavy atom.